The van der Waals surface area contributed by atoms with Crippen LogP contribution in [-0.2, 0) is 16.0 Å². The molecule has 0 aliphatic rings. The molecule has 0 unspecified atom stereocenters. The van der Waals surface area contributed by atoms with Gasteiger partial charge in [0, 0.05) is 6.08 Å². The lowest BCUT2D eigenvalue weighted by molar-refractivity contribution is -0.134. The number of carbonyl (C=O) groups is 1. The topological polar surface area (TPSA) is 35.5 Å². The number of esters is 1. The van der Waals surface area contributed by atoms with Crippen LogP contribution in [-0.4, -0.2) is 20.2 Å². The van der Waals surface area contributed by atoms with E-state index in [9.17, 15) is 4.79 Å². The first-order valence-corrected chi connectivity index (χ1v) is 4.63. The fraction of sp³-hybridized carbons (Fsp3) is 0.250. The largest absolute Gasteiger partial charge is 0.497 e. The molecule has 1 aromatic rings. The average Bonchev–Trinajstić information content (AvgIpc) is 2.29. The molecular weight excluding hydrogens is 192 g/mol. The molecule has 0 N–H and O–H groups in total. The van der Waals surface area contributed by atoms with Gasteiger partial charge in [-0.2, -0.15) is 0 Å². The maximum absolute atomic E-state index is 10.8. The summed E-state index contributed by atoms with van der Waals surface area (Å²) in [4.78, 5) is 10.8. The van der Waals surface area contributed by atoms with Gasteiger partial charge in [0.1, 0.15) is 5.75 Å². The lowest BCUT2D eigenvalue weighted by Crippen LogP contribution is -1.94. The van der Waals surface area contributed by atoms with E-state index >= 15 is 0 Å². The summed E-state index contributed by atoms with van der Waals surface area (Å²) in [5.41, 5.74) is 1.09. The minimum Gasteiger partial charge on any atom is -0.497 e. The van der Waals surface area contributed by atoms with Crippen molar-refractivity contribution >= 4 is 5.97 Å². The maximum atomic E-state index is 10.8. The van der Waals surface area contributed by atoms with Crippen LogP contribution in [0, 0.1) is 0 Å². The highest BCUT2D eigenvalue weighted by atomic mass is 16.5. The Kier molecular flexibility index (Phi) is 4.41. The number of ether oxygens (including phenoxy) is 2. The molecule has 3 nitrogen and oxygen atoms in total. The molecule has 1 aromatic carbocycles. The van der Waals surface area contributed by atoms with Crippen LogP contribution in [0.25, 0.3) is 0 Å². The summed E-state index contributed by atoms with van der Waals surface area (Å²) < 4.78 is 9.57. The molecule has 0 radical (unpaired) electrons. The van der Waals surface area contributed by atoms with Crippen molar-refractivity contribution < 1.29 is 14.3 Å². The summed E-state index contributed by atoms with van der Waals surface area (Å²) in [6, 6.07) is 7.71. The highest BCUT2D eigenvalue weighted by Gasteiger charge is 1.94. The van der Waals surface area contributed by atoms with Gasteiger partial charge < -0.3 is 9.47 Å². The van der Waals surface area contributed by atoms with E-state index in [-0.39, 0.29) is 5.97 Å². The molecule has 1 rings (SSSR count). The molecule has 0 aromatic heterocycles. The molecule has 0 aliphatic heterocycles. The van der Waals surface area contributed by atoms with E-state index in [4.69, 9.17) is 4.74 Å². The lowest BCUT2D eigenvalue weighted by Gasteiger charge is -2.01. The first kappa shape index (κ1) is 11.3. The van der Waals surface area contributed by atoms with Gasteiger partial charge in [0.2, 0.25) is 0 Å². The number of allylic oxidation sites excluding steroid dienone is 1. The van der Waals surface area contributed by atoms with Gasteiger partial charge >= 0.3 is 5.97 Å². The maximum Gasteiger partial charge on any atom is 0.330 e. The van der Waals surface area contributed by atoms with Crippen LogP contribution in [0.4, 0.5) is 0 Å². The molecule has 0 atom stereocenters. The second-order valence-corrected chi connectivity index (χ2v) is 2.98. The quantitative estimate of drug-likeness (QED) is 0.558. The van der Waals surface area contributed by atoms with E-state index in [2.05, 4.69) is 4.74 Å². The van der Waals surface area contributed by atoms with Crippen molar-refractivity contribution in [1.82, 2.24) is 0 Å². The van der Waals surface area contributed by atoms with Crippen molar-refractivity contribution in [3.63, 3.8) is 0 Å². The standard InChI is InChI=1S/C12H14O3/c1-14-11-7-3-5-10(9-11)6-4-8-12(13)15-2/h3-5,7-9H,6H2,1-2H3/b8-4-. The van der Waals surface area contributed by atoms with Crippen LogP contribution in [0.1, 0.15) is 5.56 Å². The van der Waals surface area contributed by atoms with Gasteiger partial charge in [-0.1, -0.05) is 18.2 Å². The van der Waals surface area contributed by atoms with E-state index in [0.29, 0.717) is 6.42 Å². The predicted molar refractivity (Wildman–Crippen MR) is 57.9 cm³/mol. The molecule has 80 valence electrons. The number of methoxy groups -OCH3 is 2. The zero-order valence-electron chi connectivity index (χ0n) is 8.90. The molecular formula is C12H14O3. The van der Waals surface area contributed by atoms with Crippen LogP contribution in [0.5, 0.6) is 5.75 Å². The summed E-state index contributed by atoms with van der Waals surface area (Å²) in [6.07, 6.45) is 3.87. The first-order chi connectivity index (χ1) is 7.26. The second kappa shape index (κ2) is 5.86. The number of benzene rings is 1. The molecule has 0 saturated heterocycles. The summed E-state index contributed by atoms with van der Waals surface area (Å²) in [7, 11) is 2.99. The number of hydrogen-bond acceptors (Lipinski definition) is 3. The SMILES string of the molecule is COC(=O)/C=C\Cc1cccc(OC)c1. The van der Waals surface area contributed by atoms with E-state index in [1.165, 1.54) is 13.2 Å². The van der Waals surface area contributed by atoms with Gasteiger partial charge in [-0.15, -0.1) is 0 Å². The van der Waals surface area contributed by atoms with Crippen LogP contribution in [0.3, 0.4) is 0 Å². The third kappa shape index (κ3) is 3.85. The molecule has 0 bridgehead atoms. The Morgan fingerprint density at radius 3 is 2.87 bits per heavy atom. The number of rotatable bonds is 4. The molecule has 0 heterocycles. The van der Waals surface area contributed by atoms with E-state index in [1.54, 1.807) is 13.2 Å². The predicted octanol–water partition coefficient (Wildman–Crippen LogP) is 1.97. The third-order valence-corrected chi connectivity index (χ3v) is 1.94. The highest BCUT2D eigenvalue weighted by molar-refractivity contribution is 5.81. The molecule has 0 fully saturated rings. The van der Waals surface area contributed by atoms with Crippen molar-refractivity contribution in [3.8, 4) is 5.75 Å². The minimum absolute atomic E-state index is 0.335. The normalized spacial score (nSPS) is 10.3. The molecule has 3 heteroatoms. The van der Waals surface area contributed by atoms with E-state index in [0.717, 1.165) is 11.3 Å². The fourth-order valence-electron chi connectivity index (χ4n) is 1.16. The highest BCUT2D eigenvalue weighted by Crippen LogP contribution is 2.12. The molecule has 15 heavy (non-hydrogen) atoms. The first-order valence-electron chi connectivity index (χ1n) is 4.63. The number of carbonyl (C=O) groups excluding carboxylic acids is 1. The van der Waals surface area contributed by atoms with Gasteiger partial charge in [0.05, 0.1) is 14.2 Å². The zero-order chi connectivity index (χ0) is 11.1. The Balaban J connectivity index is 2.57. The Labute approximate surface area is 89.3 Å². The van der Waals surface area contributed by atoms with Crippen molar-refractivity contribution in [2.45, 2.75) is 6.42 Å². The van der Waals surface area contributed by atoms with Crippen LogP contribution < -0.4 is 4.74 Å². The summed E-state index contributed by atoms with van der Waals surface area (Å²) in [5, 5.41) is 0. The lowest BCUT2D eigenvalue weighted by atomic mass is 10.1. The summed E-state index contributed by atoms with van der Waals surface area (Å²) >= 11 is 0. The van der Waals surface area contributed by atoms with Gasteiger partial charge in [-0.25, -0.2) is 4.79 Å². The Hall–Kier alpha value is -1.77. The summed E-state index contributed by atoms with van der Waals surface area (Å²) in [5.74, 6) is 0.483. The van der Waals surface area contributed by atoms with Crippen molar-refractivity contribution in [3.05, 3.63) is 42.0 Å². The Morgan fingerprint density at radius 2 is 2.20 bits per heavy atom. The van der Waals surface area contributed by atoms with Crippen LogP contribution >= 0.6 is 0 Å². The zero-order valence-corrected chi connectivity index (χ0v) is 8.90. The van der Waals surface area contributed by atoms with Crippen molar-refractivity contribution in [2.24, 2.45) is 0 Å². The smallest absolute Gasteiger partial charge is 0.330 e. The van der Waals surface area contributed by atoms with Crippen molar-refractivity contribution in [1.29, 1.82) is 0 Å². The monoisotopic (exact) mass is 206 g/mol. The van der Waals surface area contributed by atoms with Gasteiger partial charge in [-0.3, -0.25) is 0 Å². The molecule has 0 saturated carbocycles. The summed E-state index contributed by atoms with van der Waals surface area (Å²) in [6.45, 7) is 0. The van der Waals surface area contributed by atoms with Gasteiger partial charge in [-0.05, 0) is 24.1 Å². The average molecular weight is 206 g/mol. The minimum atomic E-state index is -0.335. The third-order valence-electron chi connectivity index (χ3n) is 1.94. The fourth-order valence-corrected chi connectivity index (χ4v) is 1.16. The van der Waals surface area contributed by atoms with Gasteiger partial charge in [0.15, 0.2) is 0 Å². The molecule has 0 spiro atoms. The Bertz CT molecular complexity index is 356. The van der Waals surface area contributed by atoms with Crippen LogP contribution in [0.2, 0.25) is 0 Å². The Morgan fingerprint density at radius 1 is 1.40 bits per heavy atom. The molecule has 0 aliphatic carbocycles. The van der Waals surface area contributed by atoms with Crippen molar-refractivity contribution in [2.75, 3.05) is 14.2 Å². The number of hydrogen-bond donors (Lipinski definition) is 0. The van der Waals surface area contributed by atoms with Gasteiger partial charge in [0.25, 0.3) is 0 Å². The molecule has 0 amide bonds. The second-order valence-electron chi connectivity index (χ2n) is 2.98. The van der Waals surface area contributed by atoms with Crippen LogP contribution in [0.15, 0.2) is 36.4 Å². The van der Waals surface area contributed by atoms with E-state index in [1.807, 2.05) is 24.3 Å². The van der Waals surface area contributed by atoms with E-state index < -0.39 is 0 Å².